The largest absolute Gasteiger partial charge is 0.444 e. The first kappa shape index (κ1) is 36.3. The van der Waals surface area contributed by atoms with Crippen LogP contribution in [0.4, 0.5) is 16.3 Å². The molecule has 14 nitrogen and oxygen atoms in total. The van der Waals surface area contributed by atoms with Crippen LogP contribution in [0.15, 0.2) is 96.3 Å². The van der Waals surface area contributed by atoms with Gasteiger partial charge in [-0.25, -0.2) is 32.8 Å². The van der Waals surface area contributed by atoms with Crippen LogP contribution in [-0.4, -0.2) is 61.9 Å². The maximum atomic E-state index is 14.4. The molecule has 1 aliphatic rings. The minimum absolute atomic E-state index is 0.0704. The Kier molecular flexibility index (Phi) is 9.00. The molecular weight excluding hydrogens is 707 g/mol. The summed E-state index contributed by atoms with van der Waals surface area (Å²) in [4.78, 5) is 40.8. The van der Waals surface area contributed by atoms with Gasteiger partial charge in [0.2, 0.25) is 5.91 Å². The molecule has 0 aliphatic carbocycles. The van der Waals surface area contributed by atoms with Crippen LogP contribution in [0, 0.1) is 12.3 Å². The SMILES string of the molecule is Cc1ccc(S(=O)(=O)N2C[C@H](NC(=O)OC(C)(C)C)c3ccc(-n4c(-c5cccnc5NC(=O)C(C)(C)C)nc5ccc(-n6cccn6)nc54)cc32)cc1. The summed E-state index contributed by atoms with van der Waals surface area (Å²) in [5.41, 5.74) is 2.41. The number of imidazole rings is 1. The molecule has 6 aromatic rings. The van der Waals surface area contributed by atoms with Gasteiger partial charge in [-0.05, 0) is 82.3 Å². The molecule has 54 heavy (non-hydrogen) atoms. The van der Waals surface area contributed by atoms with Crippen LogP contribution < -0.4 is 14.9 Å². The van der Waals surface area contributed by atoms with E-state index in [9.17, 15) is 18.0 Å². The maximum absolute atomic E-state index is 14.4. The molecule has 1 aliphatic heterocycles. The van der Waals surface area contributed by atoms with Crippen molar-refractivity contribution in [2.45, 2.75) is 65.0 Å². The Balaban J connectivity index is 1.43. The van der Waals surface area contributed by atoms with Crippen molar-refractivity contribution in [1.29, 1.82) is 0 Å². The zero-order valence-corrected chi connectivity index (χ0v) is 31.8. The van der Waals surface area contributed by atoms with Crippen LogP contribution in [0.3, 0.4) is 0 Å². The number of carbonyl (C=O) groups is 2. The van der Waals surface area contributed by atoms with Gasteiger partial charge in [0.1, 0.15) is 16.9 Å². The van der Waals surface area contributed by atoms with E-state index in [1.54, 1.807) is 109 Å². The predicted molar refractivity (Wildman–Crippen MR) is 205 cm³/mol. The molecule has 0 radical (unpaired) electrons. The maximum Gasteiger partial charge on any atom is 0.408 e. The van der Waals surface area contributed by atoms with Gasteiger partial charge >= 0.3 is 6.09 Å². The summed E-state index contributed by atoms with van der Waals surface area (Å²) in [5, 5.41) is 10.2. The van der Waals surface area contributed by atoms with E-state index in [4.69, 9.17) is 14.7 Å². The van der Waals surface area contributed by atoms with E-state index < -0.39 is 33.2 Å². The highest BCUT2D eigenvalue weighted by molar-refractivity contribution is 7.92. The number of ether oxygens (including phenoxy) is 1. The molecule has 2 N–H and O–H groups in total. The van der Waals surface area contributed by atoms with Gasteiger partial charge in [0.15, 0.2) is 17.3 Å². The van der Waals surface area contributed by atoms with E-state index >= 15 is 0 Å². The summed E-state index contributed by atoms with van der Waals surface area (Å²) >= 11 is 0. The van der Waals surface area contributed by atoms with Crippen molar-refractivity contribution in [3.8, 4) is 22.9 Å². The normalized spacial score (nSPS) is 14.6. The number of fused-ring (bicyclic) bond motifs is 2. The Labute approximate surface area is 313 Å². The summed E-state index contributed by atoms with van der Waals surface area (Å²) in [7, 11) is -4.10. The topological polar surface area (TPSA) is 166 Å². The smallest absolute Gasteiger partial charge is 0.408 e. The molecule has 4 aromatic heterocycles. The van der Waals surface area contributed by atoms with Crippen molar-refractivity contribution in [2.24, 2.45) is 5.41 Å². The Morgan fingerprint density at radius 2 is 1.67 bits per heavy atom. The third-order valence-electron chi connectivity index (χ3n) is 8.76. The summed E-state index contributed by atoms with van der Waals surface area (Å²) in [6, 6.07) is 20.2. The van der Waals surface area contributed by atoms with Crippen molar-refractivity contribution in [3.63, 3.8) is 0 Å². The second-order valence-corrected chi connectivity index (χ2v) is 17.0. The van der Waals surface area contributed by atoms with Crippen molar-refractivity contribution >= 4 is 44.7 Å². The van der Waals surface area contributed by atoms with Gasteiger partial charge < -0.3 is 15.4 Å². The molecule has 0 unspecified atom stereocenters. The fourth-order valence-corrected chi connectivity index (χ4v) is 7.56. The number of benzene rings is 2. The minimum atomic E-state index is -4.10. The predicted octanol–water partition coefficient (Wildman–Crippen LogP) is 6.74. The van der Waals surface area contributed by atoms with Crippen LogP contribution in [0.25, 0.3) is 34.1 Å². The van der Waals surface area contributed by atoms with Crippen molar-refractivity contribution in [2.75, 3.05) is 16.2 Å². The first-order valence-corrected chi connectivity index (χ1v) is 18.8. The first-order chi connectivity index (χ1) is 25.5. The molecule has 1 atom stereocenters. The number of nitrogens with one attached hydrogen (secondary N) is 2. The van der Waals surface area contributed by atoms with E-state index in [0.717, 1.165) is 5.56 Å². The van der Waals surface area contributed by atoms with Gasteiger partial charge in [0.05, 0.1) is 34.4 Å². The van der Waals surface area contributed by atoms with E-state index in [2.05, 4.69) is 20.7 Å². The summed E-state index contributed by atoms with van der Waals surface area (Å²) in [5.74, 6) is 0.996. The number of pyridine rings is 2. The highest BCUT2D eigenvalue weighted by atomic mass is 32.2. The lowest BCUT2D eigenvalue weighted by Crippen LogP contribution is -2.38. The number of nitrogens with zero attached hydrogens (tertiary/aromatic N) is 7. The van der Waals surface area contributed by atoms with E-state index in [1.807, 2.05) is 39.8 Å². The molecule has 2 amide bonds. The lowest BCUT2D eigenvalue weighted by molar-refractivity contribution is -0.123. The molecule has 0 fully saturated rings. The molecule has 0 bridgehead atoms. The number of carbonyl (C=O) groups excluding carboxylic acids is 2. The van der Waals surface area contributed by atoms with Gasteiger partial charge in [0, 0.05) is 29.6 Å². The average Bonchev–Trinajstić information content (AvgIpc) is 3.85. The van der Waals surface area contributed by atoms with E-state index in [0.29, 0.717) is 51.1 Å². The average molecular weight is 748 g/mol. The third-order valence-corrected chi connectivity index (χ3v) is 10.5. The molecule has 0 saturated heterocycles. The zero-order chi connectivity index (χ0) is 38.6. The molecule has 0 saturated carbocycles. The number of amides is 2. The highest BCUT2D eigenvalue weighted by Gasteiger charge is 2.39. The number of hydrogen-bond acceptors (Lipinski definition) is 9. The van der Waals surface area contributed by atoms with E-state index in [1.165, 1.54) is 4.31 Å². The van der Waals surface area contributed by atoms with Crippen LogP contribution in [0.1, 0.15) is 58.7 Å². The van der Waals surface area contributed by atoms with Gasteiger partial charge in [-0.1, -0.05) is 44.5 Å². The number of rotatable bonds is 7. The van der Waals surface area contributed by atoms with Crippen molar-refractivity contribution < 1.29 is 22.7 Å². The Morgan fingerprint density at radius 1 is 0.907 bits per heavy atom. The number of sulfonamides is 1. The summed E-state index contributed by atoms with van der Waals surface area (Å²) in [6.07, 6.45) is 4.35. The lowest BCUT2D eigenvalue weighted by atomic mass is 9.95. The van der Waals surface area contributed by atoms with Gasteiger partial charge in [-0.2, -0.15) is 5.10 Å². The monoisotopic (exact) mass is 747 g/mol. The second kappa shape index (κ2) is 13.4. The van der Waals surface area contributed by atoms with Gasteiger partial charge in [-0.3, -0.25) is 13.7 Å². The molecule has 278 valence electrons. The molecule has 0 spiro atoms. The summed E-state index contributed by atoms with van der Waals surface area (Å²) < 4.78 is 39.0. The van der Waals surface area contributed by atoms with Crippen LogP contribution in [-0.2, 0) is 19.6 Å². The fourth-order valence-electron chi connectivity index (χ4n) is 6.07. The molecule has 15 heteroatoms. The summed E-state index contributed by atoms with van der Waals surface area (Å²) in [6.45, 7) is 12.5. The number of alkyl carbamates (subject to hydrolysis) is 1. The molecule has 7 rings (SSSR count). The third kappa shape index (κ3) is 7.01. The Morgan fingerprint density at radius 3 is 2.35 bits per heavy atom. The van der Waals surface area contributed by atoms with E-state index in [-0.39, 0.29) is 17.3 Å². The Hall–Kier alpha value is -6.09. The zero-order valence-electron chi connectivity index (χ0n) is 31.0. The first-order valence-electron chi connectivity index (χ1n) is 17.4. The van der Waals surface area contributed by atoms with Crippen LogP contribution >= 0.6 is 0 Å². The van der Waals surface area contributed by atoms with Gasteiger partial charge in [-0.15, -0.1) is 0 Å². The van der Waals surface area contributed by atoms with Crippen LogP contribution in [0.5, 0.6) is 0 Å². The fraction of sp³-hybridized carbons (Fsp3) is 0.282. The molecular formula is C39H41N9O5S. The van der Waals surface area contributed by atoms with Crippen LogP contribution in [0.2, 0.25) is 0 Å². The second-order valence-electron chi connectivity index (χ2n) is 15.1. The highest BCUT2D eigenvalue weighted by Crippen LogP contribution is 2.42. The number of aromatic nitrogens is 6. The quantitative estimate of drug-likeness (QED) is 0.180. The number of anilines is 2. The van der Waals surface area contributed by atoms with Crippen molar-refractivity contribution in [3.05, 3.63) is 103 Å². The van der Waals surface area contributed by atoms with Gasteiger partial charge in [0.25, 0.3) is 10.0 Å². The molecule has 2 aromatic carbocycles. The lowest BCUT2D eigenvalue weighted by Gasteiger charge is -2.23. The number of aryl methyl sites for hydroxylation is 1. The standard InChI is InChI=1S/C39H41N9O5S/c1-24-11-14-26(15-12-24)54(51,52)47-23-30(43-37(50)53-39(5,6)7)27-16-13-25(22-31(27)47)48-34(28-10-8-19-40-33(28)45-36(49)38(2,3)4)42-29-17-18-32(44-35(29)48)46-21-9-20-41-46/h8-22,30H,23H2,1-7H3,(H,43,50)(H,40,45,49)/t30-/m0/s1. The Bertz CT molecular complexity index is 2500. The van der Waals surface area contributed by atoms with Crippen molar-refractivity contribution in [1.82, 2.24) is 34.6 Å². The number of hydrogen-bond donors (Lipinski definition) is 2. The minimum Gasteiger partial charge on any atom is -0.444 e. The molecule has 5 heterocycles.